The molecule has 4 aromatic rings. The summed E-state index contributed by atoms with van der Waals surface area (Å²) in [5.74, 6) is 1.27. The lowest BCUT2D eigenvalue weighted by Crippen LogP contribution is -2.28. The second-order valence-corrected chi connectivity index (χ2v) is 6.51. The van der Waals surface area contributed by atoms with Crippen molar-refractivity contribution < 1.29 is 14.1 Å². The van der Waals surface area contributed by atoms with Crippen LogP contribution in [0.15, 0.2) is 64.5 Å². The summed E-state index contributed by atoms with van der Waals surface area (Å²) < 4.78 is 10.7. The molecule has 7 heteroatoms. The van der Waals surface area contributed by atoms with E-state index in [1.54, 1.807) is 0 Å². The van der Waals surface area contributed by atoms with Crippen LogP contribution in [0.3, 0.4) is 0 Å². The second-order valence-electron chi connectivity index (χ2n) is 5.56. The van der Waals surface area contributed by atoms with Crippen molar-refractivity contribution >= 4 is 28.0 Å². The average molecular weight is 365 g/mol. The Morgan fingerprint density at radius 3 is 2.85 bits per heavy atom. The van der Waals surface area contributed by atoms with Crippen LogP contribution in [0.5, 0.6) is 5.75 Å². The van der Waals surface area contributed by atoms with Gasteiger partial charge in [-0.2, -0.15) is 4.98 Å². The molecule has 0 fully saturated rings. The quantitative estimate of drug-likeness (QED) is 0.564. The molecule has 0 saturated heterocycles. The molecule has 2 aromatic heterocycles. The number of carbonyl (C=O) groups excluding carboxylic acids is 1. The number of ether oxygens (including phenoxy) is 1. The van der Waals surface area contributed by atoms with Crippen LogP contribution in [0.1, 0.15) is 5.89 Å². The number of fused-ring (bicyclic) bond motifs is 1. The predicted molar refractivity (Wildman–Crippen MR) is 98.9 cm³/mol. The first-order valence-electron chi connectivity index (χ1n) is 8.03. The van der Waals surface area contributed by atoms with Gasteiger partial charge in [-0.05, 0) is 34.4 Å². The lowest BCUT2D eigenvalue weighted by molar-refractivity contribution is -0.123. The van der Waals surface area contributed by atoms with Gasteiger partial charge in [-0.1, -0.05) is 41.6 Å². The Hall–Kier alpha value is -3.19. The maximum absolute atomic E-state index is 12.0. The lowest BCUT2D eigenvalue weighted by atomic mass is 10.1. The van der Waals surface area contributed by atoms with Gasteiger partial charge in [-0.15, -0.1) is 11.3 Å². The van der Waals surface area contributed by atoms with Crippen molar-refractivity contribution in [3.8, 4) is 16.5 Å². The van der Waals surface area contributed by atoms with E-state index in [4.69, 9.17) is 9.26 Å². The Kier molecular flexibility index (Phi) is 4.61. The van der Waals surface area contributed by atoms with Crippen LogP contribution in [0.25, 0.3) is 21.5 Å². The number of carbonyl (C=O) groups is 1. The van der Waals surface area contributed by atoms with Gasteiger partial charge in [0.15, 0.2) is 6.61 Å². The highest BCUT2D eigenvalue weighted by molar-refractivity contribution is 7.13. The molecule has 0 aliphatic rings. The molecule has 2 heterocycles. The van der Waals surface area contributed by atoms with E-state index in [0.717, 1.165) is 15.6 Å². The van der Waals surface area contributed by atoms with Crippen molar-refractivity contribution in [1.82, 2.24) is 15.5 Å². The molecule has 0 spiro atoms. The van der Waals surface area contributed by atoms with Gasteiger partial charge in [0.2, 0.25) is 11.7 Å². The Bertz CT molecular complexity index is 1030. The molecule has 0 saturated carbocycles. The van der Waals surface area contributed by atoms with Crippen LogP contribution < -0.4 is 10.1 Å². The van der Waals surface area contributed by atoms with Crippen LogP contribution in [0.2, 0.25) is 0 Å². The topological polar surface area (TPSA) is 77.2 Å². The highest BCUT2D eigenvalue weighted by Crippen LogP contribution is 2.21. The molecule has 0 radical (unpaired) electrons. The maximum Gasteiger partial charge on any atom is 0.258 e. The molecule has 0 atom stereocenters. The number of aromatic nitrogens is 2. The van der Waals surface area contributed by atoms with Crippen molar-refractivity contribution in [3.63, 3.8) is 0 Å². The van der Waals surface area contributed by atoms with E-state index in [1.807, 2.05) is 60.0 Å². The maximum atomic E-state index is 12.0. The van der Waals surface area contributed by atoms with Crippen LogP contribution in [-0.2, 0) is 11.3 Å². The van der Waals surface area contributed by atoms with Gasteiger partial charge in [0.25, 0.3) is 5.91 Å². The summed E-state index contributed by atoms with van der Waals surface area (Å²) in [6.45, 7) is 0.0859. The third-order valence-corrected chi connectivity index (χ3v) is 4.60. The zero-order valence-electron chi connectivity index (χ0n) is 13.7. The Morgan fingerprint density at radius 1 is 1.12 bits per heavy atom. The fraction of sp³-hybridized carbons (Fsp3) is 0.105. The SMILES string of the molecule is O=C(COc1ccc2ccccc2c1)NCc1nc(-c2cccs2)no1. The van der Waals surface area contributed by atoms with E-state index >= 15 is 0 Å². The zero-order chi connectivity index (χ0) is 17.8. The van der Waals surface area contributed by atoms with Gasteiger partial charge in [0.1, 0.15) is 5.75 Å². The van der Waals surface area contributed by atoms with E-state index in [2.05, 4.69) is 15.5 Å². The molecule has 0 aliphatic heterocycles. The summed E-state index contributed by atoms with van der Waals surface area (Å²) in [6, 6.07) is 17.5. The van der Waals surface area contributed by atoms with Gasteiger partial charge in [0.05, 0.1) is 11.4 Å². The van der Waals surface area contributed by atoms with Crippen molar-refractivity contribution in [2.24, 2.45) is 0 Å². The zero-order valence-corrected chi connectivity index (χ0v) is 14.5. The number of benzene rings is 2. The summed E-state index contributed by atoms with van der Waals surface area (Å²) in [5.41, 5.74) is 0. The molecule has 1 N–H and O–H groups in total. The fourth-order valence-corrected chi connectivity index (χ4v) is 3.11. The Morgan fingerprint density at radius 2 is 2.00 bits per heavy atom. The summed E-state index contributed by atoms with van der Waals surface area (Å²) in [5, 5.41) is 10.7. The summed E-state index contributed by atoms with van der Waals surface area (Å²) in [4.78, 5) is 17.1. The summed E-state index contributed by atoms with van der Waals surface area (Å²) >= 11 is 1.53. The van der Waals surface area contributed by atoms with E-state index in [1.165, 1.54) is 11.3 Å². The van der Waals surface area contributed by atoms with E-state index in [-0.39, 0.29) is 19.1 Å². The highest BCUT2D eigenvalue weighted by Gasteiger charge is 2.11. The first-order chi connectivity index (χ1) is 12.8. The molecule has 0 unspecified atom stereocenters. The molecule has 0 bridgehead atoms. The van der Waals surface area contributed by atoms with Crippen LogP contribution in [0.4, 0.5) is 0 Å². The Balaban J connectivity index is 1.30. The molecule has 130 valence electrons. The molecule has 26 heavy (non-hydrogen) atoms. The molecule has 4 rings (SSSR count). The number of hydrogen-bond acceptors (Lipinski definition) is 6. The van der Waals surface area contributed by atoms with E-state index < -0.39 is 0 Å². The van der Waals surface area contributed by atoms with Crippen LogP contribution in [-0.4, -0.2) is 22.7 Å². The van der Waals surface area contributed by atoms with Crippen LogP contribution >= 0.6 is 11.3 Å². The summed E-state index contributed by atoms with van der Waals surface area (Å²) in [7, 11) is 0. The smallest absolute Gasteiger partial charge is 0.258 e. The van der Waals surface area contributed by atoms with Gasteiger partial charge in [0, 0.05) is 0 Å². The number of thiophene rings is 1. The fourth-order valence-electron chi connectivity index (χ4n) is 2.46. The standard InChI is InChI=1S/C19H15N3O3S/c23-17(12-24-15-8-7-13-4-1-2-5-14(13)10-15)20-11-18-21-19(22-25-18)16-6-3-9-26-16/h1-10H,11-12H2,(H,20,23). The first kappa shape index (κ1) is 16.3. The minimum atomic E-state index is -0.256. The second kappa shape index (κ2) is 7.37. The number of hydrogen-bond donors (Lipinski definition) is 1. The van der Waals surface area contributed by atoms with Gasteiger partial charge < -0.3 is 14.6 Å². The first-order valence-corrected chi connectivity index (χ1v) is 8.91. The van der Waals surface area contributed by atoms with Crippen molar-refractivity contribution in [2.75, 3.05) is 6.61 Å². The number of rotatable bonds is 6. The molecule has 0 aliphatic carbocycles. The number of amides is 1. The molecule has 2 aromatic carbocycles. The molecule has 1 amide bonds. The minimum Gasteiger partial charge on any atom is -0.484 e. The van der Waals surface area contributed by atoms with Gasteiger partial charge in [-0.25, -0.2) is 0 Å². The third kappa shape index (κ3) is 3.73. The van der Waals surface area contributed by atoms with Crippen molar-refractivity contribution in [3.05, 3.63) is 65.9 Å². The van der Waals surface area contributed by atoms with Gasteiger partial charge >= 0.3 is 0 Å². The Labute approximate surface area is 153 Å². The normalized spacial score (nSPS) is 10.8. The van der Waals surface area contributed by atoms with Crippen molar-refractivity contribution in [2.45, 2.75) is 6.54 Å². The van der Waals surface area contributed by atoms with Crippen LogP contribution in [0, 0.1) is 0 Å². The molecular formula is C19H15N3O3S. The number of nitrogens with zero attached hydrogens (tertiary/aromatic N) is 2. The molecule has 6 nitrogen and oxygen atoms in total. The largest absolute Gasteiger partial charge is 0.484 e. The minimum absolute atomic E-state index is 0.0791. The van der Waals surface area contributed by atoms with E-state index in [9.17, 15) is 4.79 Å². The highest BCUT2D eigenvalue weighted by atomic mass is 32.1. The third-order valence-electron chi connectivity index (χ3n) is 3.74. The predicted octanol–water partition coefficient (Wildman–Crippen LogP) is 3.65. The summed E-state index contributed by atoms with van der Waals surface area (Å²) in [6.07, 6.45) is 0. The molecular weight excluding hydrogens is 350 g/mol. The van der Waals surface area contributed by atoms with E-state index in [0.29, 0.717) is 17.5 Å². The average Bonchev–Trinajstić information content (AvgIpc) is 3.36. The monoisotopic (exact) mass is 365 g/mol. The lowest BCUT2D eigenvalue weighted by Gasteiger charge is -2.07. The van der Waals surface area contributed by atoms with Crippen molar-refractivity contribution in [1.29, 1.82) is 0 Å². The van der Waals surface area contributed by atoms with Gasteiger partial charge in [-0.3, -0.25) is 4.79 Å². The number of nitrogens with one attached hydrogen (secondary N) is 1.